The molecule has 0 bridgehead atoms. The molecule has 2 aromatic rings. The average Bonchev–Trinajstić information content (AvgIpc) is 2.82. The Bertz CT molecular complexity index is 573. The van der Waals surface area contributed by atoms with E-state index in [1.54, 1.807) is 7.11 Å². The number of rotatable bonds is 7. The molecular weight excluding hydrogens is 294 g/mol. The molecule has 6 heteroatoms. The number of pyridine rings is 1. The molecule has 0 spiro atoms. The lowest BCUT2D eigenvalue weighted by molar-refractivity contribution is 0.398. The topological polar surface area (TPSA) is 39.9 Å². The van der Waals surface area contributed by atoms with Crippen molar-refractivity contribution in [1.29, 1.82) is 0 Å². The fourth-order valence-electron chi connectivity index (χ4n) is 2.33. The van der Waals surface area contributed by atoms with Crippen LogP contribution >= 0.6 is 23.4 Å². The predicted octanol–water partition coefficient (Wildman–Crippen LogP) is 3.54. The Kier molecular flexibility index (Phi) is 5.54. The maximum Gasteiger partial charge on any atom is 0.215 e. The van der Waals surface area contributed by atoms with Crippen LogP contribution in [0.2, 0.25) is 0 Å². The molecular formula is C14H20ClN3OS. The zero-order valence-corrected chi connectivity index (χ0v) is 13.7. The molecule has 0 aliphatic rings. The van der Waals surface area contributed by atoms with Gasteiger partial charge in [-0.15, -0.1) is 11.6 Å². The van der Waals surface area contributed by atoms with E-state index in [2.05, 4.69) is 27.7 Å². The minimum Gasteiger partial charge on any atom is -0.481 e. The van der Waals surface area contributed by atoms with Crippen molar-refractivity contribution in [3.05, 3.63) is 18.0 Å². The van der Waals surface area contributed by atoms with Crippen molar-refractivity contribution >= 4 is 34.5 Å². The number of aryl methyl sites for hydroxylation is 1. The van der Waals surface area contributed by atoms with Crippen LogP contribution in [0.4, 0.5) is 0 Å². The first-order valence-corrected chi connectivity index (χ1v) is 8.64. The van der Waals surface area contributed by atoms with Crippen LogP contribution in [0, 0.1) is 0 Å². The van der Waals surface area contributed by atoms with Gasteiger partial charge in [0, 0.05) is 30.2 Å². The summed E-state index contributed by atoms with van der Waals surface area (Å²) in [5, 5.41) is 0. The number of halogens is 1. The number of alkyl halides is 1. The van der Waals surface area contributed by atoms with Gasteiger partial charge in [-0.3, -0.25) is 0 Å². The third kappa shape index (κ3) is 3.04. The maximum absolute atomic E-state index is 5.92. The van der Waals surface area contributed by atoms with E-state index in [0.29, 0.717) is 17.8 Å². The number of ether oxygens (including phenoxy) is 1. The van der Waals surface area contributed by atoms with Gasteiger partial charge in [0.25, 0.3) is 0 Å². The Hall–Kier alpha value is -0.940. The molecule has 2 rings (SSSR count). The van der Waals surface area contributed by atoms with E-state index >= 15 is 0 Å². The molecule has 0 aromatic carbocycles. The van der Waals surface area contributed by atoms with Crippen molar-refractivity contribution in [2.24, 2.45) is 0 Å². The Morgan fingerprint density at radius 1 is 1.40 bits per heavy atom. The van der Waals surface area contributed by atoms with Crippen LogP contribution in [0.25, 0.3) is 11.2 Å². The van der Waals surface area contributed by atoms with E-state index < -0.39 is 0 Å². The molecule has 2 heterocycles. The van der Waals surface area contributed by atoms with Gasteiger partial charge in [0.1, 0.15) is 11.3 Å². The summed E-state index contributed by atoms with van der Waals surface area (Å²) in [7, 11) is 1.63. The first-order valence-electron chi connectivity index (χ1n) is 6.71. The molecule has 1 unspecified atom stereocenters. The lowest BCUT2D eigenvalue weighted by Gasteiger charge is -2.18. The standard InChI is InChI=1S/C14H20ClN3OS/c1-4-10(9-20-3)18-12(7-8-15)16-11-5-6-13(19-2)17-14(11)18/h5-6,10H,4,7-9H2,1-3H3. The zero-order chi connectivity index (χ0) is 14.5. The summed E-state index contributed by atoms with van der Waals surface area (Å²) in [6.07, 6.45) is 3.92. The number of hydrogen-bond donors (Lipinski definition) is 0. The van der Waals surface area contributed by atoms with Crippen molar-refractivity contribution in [3.63, 3.8) is 0 Å². The first-order chi connectivity index (χ1) is 9.74. The summed E-state index contributed by atoms with van der Waals surface area (Å²) in [4.78, 5) is 9.25. The molecule has 0 N–H and O–H groups in total. The zero-order valence-electron chi connectivity index (χ0n) is 12.1. The fourth-order valence-corrected chi connectivity index (χ4v) is 3.27. The van der Waals surface area contributed by atoms with E-state index in [-0.39, 0.29) is 0 Å². The number of nitrogens with zero attached hydrogens (tertiary/aromatic N) is 3. The lowest BCUT2D eigenvalue weighted by atomic mass is 10.2. The van der Waals surface area contributed by atoms with Crippen molar-refractivity contribution in [2.45, 2.75) is 25.8 Å². The highest BCUT2D eigenvalue weighted by Crippen LogP contribution is 2.26. The molecule has 0 aliphatic heterocycles. The Morgan fingerprint density at radius 2 is 2.20 bits per heavy atom. The maximum atomic E-state index is 5.92. The van der Waals surface area contributed by atoms with Crippen LogP contribution in [0.1, 0.15) is 25.2 Å². The van der Waals surface area contributed by atoms with Crippen LogP contribution in [0.5, 0.6) is 5.88 Å². The van der Waals surface area contributed by atoms with Crippen molar-refractivity contribution in [3.8, 4) is 5.88 Å². The Balaban J connectivity index is 2.58. The second-order valence-electron chi connectivity index (χ2n) is 4.55. The van der Waals surface area contributed by atoms with E-state index in [1.165, 1.54) is 0 Å². The third-order valence-electron chi connectivity index (χ3n) is 3.31. The van der Waals surface area contributed by atoms with Gasteiger partial charge in [0.15, 0.2) is 5.65 Å². The molecule has 20 heavy (non-hydrogen) atoms. The van der Waals surface area contributed by atoms with Crippen LogP contribution in [0.15, 0.2) is 12.1 Å². The number of hydrogen-bond acceptors (Lipinski definition) is 4. The highest BCUT2D eigenvalue weighted by Gasteiger charge is 2.19. The van der Waals surface area contributed by atoms with Crippen LogP contribution in [-0.4, -0.2) is 39.5 Å². The summed E-state index contributed by atoms with van der Waals surface area (Å²) < 4.78 is 7.47. The van der Waals surface area contributed by atoms with Crippen LogP contribution in [-0.2, 0) is 6.42 Å². The van der Waals surface area contributed by atoms with Crippen molar-refractivity contribution in [2.75, 3.05) is 25.0 Å². The molecule has 110 valence electrons. The van der Waals surface area contributed by atoms with Crippen LogP contribution < -0.4 is 4.74 Å². The van der Waals surface area contributed by atoms with Crippen molar-refractivity contribution in [1.82, 2.24) is 14.5 Å². The predicted molar refractivity (Wildman–Crippen MR) is 86.2 cm³/mol. The van der Waals surface area contributed by atoms with E-state index in [9.17, 15) is 0 Å². The minimum atomic E-state index is 0.382. The lowest BCUT2D eigenvalue weighted by Crippen LogP contribution is -2.15. The molecule has 0 saturated carbocycles. The number of thioether (sulfide) groups is 1. The molecule has 0 saturated heterocycles. The summed E-state index contributed by atoms with van der Waals surface area (Å²) in [6, 6.07) is 4.19. The summed E-state index contributed by atoms with van der Waals surface area (Å²) in [5.74, 6) is 3.23. The molecule has 0 aliphatic carbocycles. The monoisotopic (exact) mass is 313 g/mol. The number of imidazole rings is 1. The van der Waals surface area contributed by atoms with E-state index in [0.717, 1.165) is 35.6 Å². The van der Waals surface area contributed by atoms with Gasteiger partial charge < -0.3 is 9.30 Å². The van der Waals surface area contributed by atoms with Crippen LogP contribution in [0.3, 0.4) is 0 Å². The van der Waals surface area contributed by atoms with Gasteiger partial charge >= 0.3 is 0 Å². The second kappa shape index (κ2) is 7.18. The molecule has 1 atom stereocenters. The molecule has 0 fully saturated rings. The SMILES string of the molecule is CCC(CSC)n1c(CCCl)nc2ccc(OC)nc21. The first kappa shape index (κ1) is 15.4. The summed E-state index contributed by atoms with van der Waals surface area (Å²) >= 11 is 7.75. The third-order valence-corrected chi connectivity index (χ3v) is 4.21. The molecule has 0 radical (unpaired) electrons. The Morgan fingerprint density at radius 3 is 2.80 bits per heavy atom. The highest BCUT2D eigenvalue weighted by molar-refractivity contribution is 7.98. The largest absolute Gasteiger partial charge is 0.481 e. The smallest absolute Gasteiger partial charge is 0.215 e. The van der Waals surface area contributed by atoms with Gasteiger partial charge in [-0.05, 0) is 18.7 Å². The normalized spacial score (nSPS) is 12.8. The fraction of sp³-hybridized carbons (Fsp3) is 0.571. The molecule has 0 amide bonds. The van der Waals surface area contributed by atoms with E-state index in [4.69, 9.17) is 16.3 Å². The average molecular weight is 314 g/mol. The quantitative estimate of drug-likeness (QED) is 0.733. The van der Waals surface area contributed by atoms with Gasteiger partial charge in [0.05, 0.1) is 7.11 Å². The highest BCUT2D eigenvalue weighted by atomic mass is 35.5. The second-order valence-corrected chi connectivity index (χ2v) is 5.84. The molecule has 4 nitrogen and oxygen atoms in total. The number of aromatic nitrogens is 3. The van der Waals surface area contributed by atoms with Gasteiger partial charge in [-0.2, -0.15) is 16.7 Å². The van der Waals surface area contributed by atoms with Gasteiger partial charge in [-0.1, -0.05) is 6.92 Å². The Labute approximate surface area is 128 Å². The summed E-state index contributed by atoms with van der Waals surface area (Å²) in [6.45, 7) is 2.19. The number of methoxy groups -OCH3 is 1. The number of fused-ring (bicyclic) bond motifs is 1. The summed E-state index contributed by atoms with van der Waals surface area (Å²) in [5.41, 5.74) is 1.80. The molecule has 2 aromatic heterocycles. The minimum absolute atomic E-state index is 0.382. The van der Waals surface area contributed by atoms with E-state index in [1.807, 2.05) is 23.9 Å². The van der Waals surface area contributed by atoms with Crippen molar-refractivity contribution < 1.29 is 4.74 Å². The van der Waals surface area contributed by atoms with Gasteiger partial charge in [0.2, 0.25) is 5.88 Å². The van der Waals surface area contributed by atoms with Gasteiger partial charge in [-0.25, -0.2) is 4.98 Å².